The summed E-state index contributed by atoms with van der Waals surface area (Å²) >= 11 is 1.82. The second kappa shape index (κ2) is 7.40. The van der Waals surface area contributed by atoms with E-state index in [1.54, 1.807) is 0 Å². The van der Waals surface area contributed by atoms with Gasteiger partial charge in [0.25, 0.3) is 0 Å². The number of benzene rings is 1. The summed E-state index contributed by atoms with van der Waals surface area (Å²) < 4.78 is 5.29. The number of aromatic nitrogens is 2. The standard InChI is InChI=1S/C19H24N4O2S/c1-23-16-11-13(12-3-2-10-26-20-9-8-12)4-5-14(16)18(22-23)15-6-7-17(24)21-19(15)25/h4-5,11-12,15,20H,2-3,6-10H2,1H3,(H,21,24,25). The number of nitrogens with one attached hydrogen (secondary N) is 2. The highest BCUT2D eigenvalue weighted by Crippen LogP contribution is 2.34. The molecule has 2 atom stereocenters. The van der Waals surface area contributed by atoms with Crippen molar-refractivity contribution >= 4 is 34.7 Å². The Bertz CT molecular complexity index is 839. The van der Waals surface area contributed by atoms with Crippen LogP contribution < -0.4 is 10.0 Å². The molecule has 2 aliphatic heterocycles. The number of nitrogens with zero attached hydrogens (tertiary/aromatic N) is 2. The van der Waals surface area contributed by atoms with Crippen molar-refractivity contribution in [3.63, 3.8) is 0 Å². The van der Waals surface area contributed by atoms with Crippen LogP contribution in [0.3, 0.4) is 0 Å². The largest absolute Gasteiger partial charge is 0.296 e. The van der Waals surface area contributed by atoms with Crippen LogP contribution in [0.1, 0.15) is 55.2 Å². The molecule has 138 valence electrons. The zero-order valence-electron chi connectivity index (χ0n) is 15.0. The molecule has 7 heteroatoms. The third-order valence-corrected chi connectivity index (χ3v) is 6.34. The number of rotatable bonds is 2. The third kappa shape index (κ3) is 3.38. The Morgan fingerprint density at radius 2 is 2.12 bits per heavy atom. The van der Waals surface area contributed by atoms with Gasteiger partial charge in [0.2, 0.25) is 11.8 Å². The van der Waals surface area contributed by atoms with E-state index in [1.165, 1.54) is 18.4 Å². The van der Waals surface area contributed by atoms with Gasteiger partial charge in [0.1, 0.15) is 0 Å². The minimum Gasteiger partial charge on any atom is -0.296 e. The SMILES string of the molecule is Cn1nc(C2CCC(=O)NC2=O)c2ccc(C3CCCSNCC3)cc21. The molecule has 2 N–H and O–H groups in total. The Hall–Kier alpha value is -1.86. The van der Waals surface area contributed by atoms with E-state index in [1.807, 2.05) is 23.7 Å². The highest BCUT2D eigenvalue weighted by Gasteiger charge is 2.31. The second-order valence-electron chi connectivity index (χ2n) is 7.16. The fourth-order valence-corrected chi connectivity index (χ4v) is 4.74. The molecule has 2 unspecified atom stereocenters. The smallest absolute Gasteiger partial charge is 0.235 e. The number of fused-ring (bicyclic) bond motifs is 1. The average Bonchev–Trinajstić information content (AvgIpc) is 2.91. The molecule has 0 bridgehead atoms. The van der Waals surface area contributed by atoms with Crippen LogP contribution in [0.25, 0.3) is 10.9 Å². The molecule has 3 heterocycles. The lowest BCUT2D eigenvalue weighted by atomic mass is 9.89. The summed E-state index contributed by atoms with van der Waals surface area (Å²) in [6, 6.07) is 6.54. The molecule has 1 aromatic heterocycles. The van der Waals surface area contributed by atoms with E-state index in [4.69, 9.17) is 0 Å². The van der Waals surface area contributed by atoms with Crippen LogP contribution in [0.4, 0.5) is 0 Å². The molecule has 0 saturated carbocycles. The number of piperidine rings is 1. The van der Waals surface area contributed by atoms with E-state index in [0.29, 0.717) is 18.8 Å². The highest BCUT2D eigenvalue weighted by molar-refractivity contribution is 7.97. The Morgan fingerprint density at radius 3 is 2.96 bits per heavy atom. The van der Waals surface area contributed by atoms with Crippen LogP contribution in [0.2, 0.25) is 0 Å². The summed E-state index contributed by atoms with van der Waals surface area (Å²) in [5, 5.41) is 8.10. The number of carbonyl (C=O) groups excluding carboxylic acids is 2. The third-order valence-electron chi connectivity index (χ3n) is 5.44. The van der Waals surface area contributed by atoms with Gasteiger partial charge in [-0.05, 0) is 43.2 Å². The molecule has 2 amide bonds. The molecule has 0 aliphatic carbocycles. The van der Waals surface area contributed by atoms with Crippen LogP contribution in [0.5, 0.6) is 0 Å². The Kier molecular flexibility index (Phi) is 5.00. The fraction of sp³-hybridized carbons (Fsp3) is 0.526. The van der Waals surface area contributed by atoms with Crippen molar-refractivity contribution in [2.24, 2.45) is 7.05 Å². The lowest BCUT2D eigenvalue weighted by Gasteiger charge is -2.21. The molecule has 2 fully saturated rings. The van der Waals surface area contributed by atoms with Gasteiger partial charge in [-0.2, -0.15) is 5.10 Å². The topological polar surface area (TPSA) is 76.0 Å². The number of carbonyl (C=O) groups is 2. The van der Waals surface area contributed by atoms with Gasteiger partial charge in [-0.15, -0.1) is 0 Å². The predicted octanol–water partition coefficient (Wildman–Crippen LogP) is 2.60. The highest BCUT2D eigenvalue weighted by atomic mass is 32.2. The molecule has 4 rings (SSSR count). The average molecular weight is 372 g/mol. The van der Waals surface area contributed by atoms with Crippen LogP contribution in [-0.2, 0) is 16.6 Å². The molecular weight excluding hydrogens is 348 g/mol. The summed E-state index contributed by atoms with van der Waals surface area (Å²) in [7, 11) is 1.93. The maximum Gasteiger partial charge on any atom is 0.235 e. The van der Waals surface area contributed by atoms with Gasteiger partial charge in [-0.3, -0.25) is 24.3 Å². The normalized spacial score (nSPS) is 25.0. The molecule has 0 spiro atoms. The molecule has 2 aromatic rings. The van der Waals surface area contributed by atoms with Gasteiger partial charge >= 0.3 is 0 Å². The van der Waals surface area contributed by atoms with E-state index in [-0.39, 0.29) is 17.7 Å². The summed E-state index contributed by atoms with van der Waals surface area (Å²) in [6.45, 7) is 1.03. The van der Waals surface area contributed by atoms with Crippen molar-refractivity contribution in [3.8, 4) is 0 Å². The fourth-order valence-electron chi connectivity index (χ4n) is 4.03. The van der Waals surface area contributed by atoms with Gasteiger partial charge in [0.15, 0.2) is 0 Å². The molecule has 2 aliphatic rings. The molecular formula is C19H24N4O2S. The Balaban J connectivity index is 1.66. The number of aryl methyl sites for hydroxylation is 1. The van der Waals surface area contributed by atoms with Crippen LogP contribution in [0, 0.1) is 0 Å². The van der Waals surface area contributed by atoms with Crippen LogP contribution >= 0.6 is 11.9 Å². The molecule has 0 radical (unpaired) electrons. The van der Waals surface area contributed by atoms with Crippen LogP contribution in [0.15, 0.2) is 18.2 Å². The maximum absolute atomic E-state index is 12.3. The zero-order chi connectivity index (χ0) is 18.1. The Morgan fingerprint density at radius 1 is 1.23 bits per heavy atom. The van der Waals surface area contributed by atoms with Crippen molar-refractivity contribution in [2.75, 3.05) is 12.3 Å². The number of amides is 2. The minimum absolute atomic E-state index is 0.190. The maximum atomic E-state index is 12.3. The predicted molar refractivity (Wildman–Crippen MR) is 103 cm³/mol. The summed E-state index contributed by atoms with van der Waals surface area (Å²) in [6.07, 6.45) is 4.46. The first-order valence-electron chi connectivity index (χ1n) is 9.28. The monoisotopic (exact) mass is 372 g/mol. The Labute approximate surface area is 157 Å². The van der Waals surface area contributed by atoms with Crippen molar-refractivity contribution in [1.29, 1.82) is 0 Å². The molecule has 1 aromatic carbocycles. The van der Waals surface area contributed by atoms with E-state index in [0.717, 1.165) is 35.3 Å². The van der Waals surface area contributed by atoms with Gasteiger partial charge in [0.05, 0.1) is 17.1 Å². The first-order chi connectivity index (χ1) is 12.6. The van der Waals surface area contributed by atoms with E-state index >= 15 is 0 Å². The molecule has 6 nitrogen and oxygen atoms in total. The minimum atomic E-state index is -0.343. The molecule has 2 saturated heterocycles. The van der Waals surface area contributed by atoms with Gasteiger partial charge in [0, 0.05) is 31.2 Å². The van der Waals surface area contributed by atoms with Crippen molar-refractivity contribution in [3.05, 3.63) is 29.5 Å². The van der Waals surface area contributed by atoms with E-state index < -0.39 is 0 Å². The number of hydrogen-bond donors (Lipinski definition) is 2. The number of hydrogen-bond acceptors (Lipinski definition) is 5. The zero-order valence-corrected chi connectivity index (χ0v) is 15.8. The lowest BCUT2D eigenvalue weighted by Crippen LogP contribution is -2.39. The summed E-state index contributed by atoms with van der Waals surface area (Å²) in [4.78, 5) is 23.7. The lowest BCUT2D eigenvalue weighted by molar-refractivity contribution is -0.134. The van der Waals surface area contributed by atoms with Crippen molar-refractivity contribution in [1.82, 2.24) is 19.8 Å². The van der Waals surface area contributed by atoms with E-state index in [2.05, 4.69) is 33.3 Å². The van der Waals surface area contributed by atoms with Crippen LogP contribution in [-0.4, -0.2) is 33.9 Å². The second-order valence-corrected chi connectivity index (χ2v) is 8.15. The molecule has 26 heavy (non-hydrogen) atoms. The van der Waals surface area contributed by atoms with Crippen molar-refractivity contribution < 1.29 is 9.59 Å². The first-order valence-corrected chi connectivity index (χ1v) is 10.3. The van der Waals surface area contributed by atoms with Gasteiger partial charge in [-0.1, -0.05) is 24.1 Å². The van der Waals surface area contributed by atoms with Gasteiger partial charge in [-0.25, -0.2) is 0 Å². The first kappa shape index (κ1) is 17.5. The van der Waals surface area contributed by atoms with Gasteiger partial charge < -0.3 is 0 Å². The quantitative estimate of drug-likeness (QED) is 0.626. The summed E-state index contributed by atoms with van der Waals surface area (Å²) in [5.74, 6) is 0.953. The van der Waals surface area contributed by atoms with Crippen molar-refractivity contribution in [2.45, 2.75) is 43.9 Å². The van der Waals surface area contributed by atoms with E-state index in [9.17, 15) is 9.59 Å². The number of imide groups is 1. The summed E-state index contributed by atoms with van der Waals surface area (Å²) in [5.41, 5.74) is 3.20.